The van der Waals surface area contributed by atoms with E-state index in [1.807, 2.05) is 13.8 Å². The Morgan fingerprint density at radius 3 is 2.52 bits per heavy atom. The largest absolute Gasteiger partial charge is 0.497 e. The van der Waals surface area contributed by atoms with Gasteiger partial charge < -0.3 is 14.8 Å². The molecule has 0 aromatic heterocycles. The van der Waals surface area contributed by atoms with Crippen LogP contribution in [-0.2, 0) is 9.59 Å². The second-order valence-electron chi connectivity index (χ2n) is 5.25. The molecule has 6 nitrogen and oxygen atoms in total. The van der Waals surface area contributed by atoms with Gasteiger partial charge in [-0.05, 0) is 18.1 Å². The molecule has 1 aromatic rings. The summed E-state index contributed by atoms with van der Waals surface area (Å²) in [6, 6.07) is 4.64. The van der Waals surface area contributed by atoms with E-state index in [4.69, 9.17) is 9.47 Å². The van der Waals surface area contributed by atoms with E-state index in [2.05, 4.69) is 5.32 Å². The molecule has 0 radical (unpaired) electrons. The number of carbonyl (C=O) groups excluding carboxylic acids is 2. The first-order chi connectivity index (χ1) is 9.97. The number of hydrogen-bond acceptors (Lipinski definition) is 4. The Hall–Kier alpha value is -2.24. The average molecular weight is 292 g/mol. The molecule has 0 bridgehead atoms. The highest BCUT2D eigenvalue weighted by Gasteiger charge is 2.36. The number of piperazine rings is 1. The van der Waals surface area contributed by atoms with Crippen LogP contribution in [0.15, 0.2) is 18.2 Å². The summed E-state index contributed by atoms with van der Waals surface area (Å²) < 4.78 is 10.5. The van der Waals surface area contributed by atoms with Crippen LogP contribution in [0, 0.1) is 5.92 Å². The Balaban J connectivity index is 2.43. The molecular formula is C15H20N2O4. The lowest BCUT2D eigenvalue weighted by Crippen LogP contribution is -2.60. The van der Waals surface area contributed by atoms with Gasteiger partial charge in [-0.25, -0.2) is 0 Å². The van der Waals surface area contributed by atoms with Crippen LogP contribution in [0.2, 0.25) is 0 Å². The second-order valence-corrected chi connectivity index (χ2v) is 5.25. The molecule has 21 heavy (non-hydrogen) atoms. The van der Waals surface area contributed by atoms with Crippen LogP contribution in [0.25, 0.3) is 0 Å². The minimum Gasteiger partial charge on any atom is -0.497 e. The van der Waals surface area contributed by atoms with Gasteiger partial charge in [0.2, 0.25) is 11.8 Å². The Labute approximate surface area is 124 Å². The van der Waals surface area contributed by atoms with Gasteiger partial charge in [0.15, 0.2) is 0 Å². The Kier molecular flexibility index (Phi) is 4.35. The maximum Gasteiger partial charge on any atom is 0.250 e. The fourth-order valence-electron chi connectivity index (χ4n) is 2.33. The second kappa shape index (κ2) is 6.03. The average Bonchev–Trinajstić information content (AvgIpc) is 2.48. The standard InChI is InChI=1S/C15H20N2O4/c1-9(2)14-15(19)17(8-13(18)16-14)11-7-10(20-3)5-6-12(11)21-4/h5-7,9,14H,8H2,1-4H3,(H,16,18). The smallest absolute Gasteiger partial charge is 0.250 e. The summed E-state index contributed by atoms with van der Waals surface area (Å²) in [6.45, 7) is 3.77. The molecule has 0 aliphatic carbocycles. The highest BCUT2D eigenvalue weighted by atomic mass is 16.5. The summed E-state index contributed by atoms with van der Waals surface area (Å²) in [5.74, 6) is 0.821. The highest BCUT2D eigenvalue weighted by Crippen LogP contribution is 2.33. The molecule has 1 aliphatic heterocycles. The fourth-order valence-corrected chi connectivity index (χ4v) is 2.33. The van der Waals surface area contributed by atoms with Crippen molar-refractivity contribution in [3.05, 3.63) is 18.2 Å². The molecule has 6 heteroatoms. The zero-order valence-electron chi connectivity index (χ0n) is 12.7. The first kappa shape index (κ1) is 15.2. The first-order valence-corrected chi connectivity index (χ1v) is 6.80. The first-order valence-electron chi connectivity index (χ1n) is 6.80. The number of anilines is 1. The number of carbonyl (C=O) groups is 2. The van der Waals surface area contributed by atoms with Gasteiger partial charge in [0, 0.05) is 6.07 Å². The molecule has 1 heterocycles. The van der Waals surface area contributed by atoms with Crippen LogP contribution in [0.1, 0.15) is 13.8 Å². The lowest BCUT2D eigenvalue weighted by molar-refractivity contribution is -0.132. The van der Waals surface area contributed by atoms with Crippen molar-refractivity contribution in [1.29, 1.82) is 0 Å². The SMILES string of the molecule is COc1ccc(OC)c(N2CC(=O)NC(C(C)C)C2=O)c1. The molecule has 1 aliphatic rings. The van der Waals surface area contributed by atoms with Crippen LogP contribution in [0.4, 0.5) is 5.69 Å². The third-order valence-electron chi connectivity index (χ3n) is 3.49. The van der Waals surface area contributed by atoms with E-state index < -0.39 is 6.04 Å². The van der Waals surface area contributed by atoms with E-state index in [1.54, 1.807) is 25.3 Å². The third kappa shape index (κ3) is 2.94. The number of nitrogens with zero attached hydrogens (tertiary/aromatic N) is 1. The minimum atomic E-state index is -0.526. The quantitative estimate of drug-likeness (QED) is 0.905. The van der Waals surface area contributed by atoms with Crippen LogP contribution >= 0.6 is 0 Å². The van der Waals surface area contributed by atoms with Crippen LogP contribution in [0.3, 0.4) is 0 Å². The lowest BCUT2D eigenvalue weighted by atomic mass is 10.00. The molecule has 1 saturated heterocycles. The third-order valence-corrected chi connectivity index (χ3v) is 3.49. The molecule has 2 rings (SSSR count). The monoisotopic (exact) mass is 292 g/mol. The van der Waals surface area contributed by atoms with Gasteiger partial charge >= 0.3 is 0 Å². The molecule has 1 atom stereocenters. The van der Waals surface area contributed by atoms with Crippen molar-refractivity contribution >= 4 is 17.5 Å². The predicted octanol–water partition coefficient (Wildman–Crippen LogP) is 1.19. The predicted molar refractivity (Wildman–Crippen MR) is 78.7 cm³/mol. The highest BCUT2D eigenvalue weighted by molar-refractivity contribution is 6.07. The number of methoxy groups -OCH3 is 2. The minimum absolute atomic E-state index is 0.0147. The molecule has 0 spiro atoms. The zero-order valence-corrected chi connectivity index (χ0v) is 12.7. The normalized spacial score (nSPS) is 18.7. The Morgan fingerprint density at radius 2 is 1.95 bits per heavy atom. The molecule has 1 N–H and O–H groups in total. The number of benzene rings is 1. The van der Waals surface area contributed by atoms with E-state index in [-0.39, 0.29) is 24.3 Å². The van der Waals surface area contributed by atoms with E-state index in [1.165, 1.54) is 12.0 Å². The summed E-state index contributed by atoms with van der Waals surface area (Å²) in [6.07, 6.45) is 0. The molecule has 1 aromatic carbocycles. The molecule has 1 unspecified atom stereocenters. The number of amides is 2. The summed E-state index contributed by atoms with van der Waals surface area (Å²) in [7, 11) is 3.08. The van der Waals surface area contributed by atoms with Gasteiger partial charge in [-0.1, -0.05) is 13.8 Å². The maximum absolute atomic E-state index is 12.6. The number of hydrogen-bond donors (Lipinski definition) is 1. The Morgan fingerprint density at radius 1 is 1.24 bits per heavy atom. The molecule has 114 valence electrons. The Bertz CT molecular complexity index is 557. The number of rotatable bonds is 4. The van der Waals surface area contributed by atoms with Crippen LogP contribution < -0.4 is 19.7 Å². The van der Waals surface area contributed by atoms with Gasteiger partial charge in [-0.2, -0.15) is 0 Å². The zero-order chi connectivity index (χ0) is 15.6. The van der Waals surface area contributed by atoms with Gasteiger partial charge in [-0.3, -0.25) is 14.5 Å². The van der Waals surface area contributed by atoms with Crippen LogP contribution in [0.5, 0.6) is 11.5 Å². The van der Waals surface area contributed by atoms with Crippen molar-refractivity contribution in [2.24, 2.45) is 5.92 Å². The molecule has 1 fully saturated rings. The maximum atomic E-state index is 12.6. The van der Waals surface area contributed by atoms with Gasteiger partial charge in [-0.15, -0.1) is 0 Å². The van der Waals surface area contributed by atoms with E-state index in [9.17, 15) is 9.59 Å². The van der Waals surface area contributed by atoms with Crippen LogP contribution in [-0.4, -0.2) is 38.6 Å². The number of ether oxygens (including phenoxy) is 2. The topological polar surface area (TPSA) is 67.9 Å². The van der Waals surface area contributed by atoms with Crippen molar-refractivity contribution in [2.45, 2.75) is 19.9 Å². The molecule has 0 saturated carbocycles. The van der Waals surface area contributed by atoms with E-state index in [0.29, 0.717) is 17.2 Å². The summed E-state index contributed by atoms with van der Waals surface area (Å²) >= 11 is 0. The summed E-state index contributed by atoms with van der Waals surface area (Å²) in [5, 5.41) is 2.73. The fraction of sp³-hybridized carbons (Fsp3) is 0.467. The van der Waals surface area contributed by atoms with E-state index in [0.717, 1.165) is 0 Å². The van der Waals surface area contributed by atoms with Crippen molar-refractivity contribution in [3.63, 3.8) is 0 Å². The van der Waals surface area contributed by atoms with Crippen molar-refractivity contribution in [1.82, 2.24) is 5.32 Å². The van der Waals surface area contributed by atoms with Gasteiger partial charge in [0.05, 0.1) is 19.9 Å². The van der Waals surface area contributed by atoms with Gasteiger partial charge in [0.1, 0.15) is 24.1 Å². The summed E-state index contributed by atoms with van der Waals surface area (Å²) in [4.78, 5) is 25.9. The molecule has 2 amide bonds. The summed E-state index contributed by atoms with van der Waals surface area (Å²) in [5.41, 5.74) is 0.544. The van der Waals surface area contributed by atoms with Crippen molar-refractivity contribution in [3.8, 4) is 11.5 Å². The van der Waals surface area contributed by atoms with Crippen molar-refractivity contribution in [2.75, 3.05) is 25.7 Å². The molecular weight excluding hydrogens is 272 g/mol. The van der Waals surface area contributed by atoms with Gasteiger partial charge in [0.25, 0.3) is 0 Å². The van der Waals surface area contributed by atoms with E-state index >= 15 is 0 Å². The lowest BCUT2D eigenvalue weighted by Gasteiger charge is -2.35. The number of nitrogens with one attached hydrogen (secondary N) is 1. The van der Waals surface area contributed by atoms with Crippen molar-refractivity contribution < 1.29 is 19.1 Å².